The van der Waals surface area contributed by atoms with Gasteiger partial charge in [0.25, 0.3) is 0 Å². The Morgan fingerprint density at radius 3 is 2.38 bits per heavy atom. The zero-order chi connectivity index (χ0) is 17.7. The molecule has 26 heavy (non-hydrogen) atoms. The van der Waals surface area contributed by atoms with Crippen LogP contribution in [0.5, 0.6) is 0 Å². The minimum Gasteiger partial charge on any atom is -0.354 e. The van der Waals surface area contributed by atoms with Gasteiger partial charge < -0.3 is 4.90 Å². The van der Waals surface area contributed by atoms with Crippen LogP contribution in [-0.4, -0.2) is 39.9 Å². The molecule has 0 radical (unpaired) electrons. The van der Waals surface area contributed by atoms with Crippen LogP contribution in [0.4, 0.5) is 11.5 Å². The van der Waals surface area contributed by atoms with E-state index in [0.29, 0.717) is 18.8 Å². The SMILES string of the molecule is O=C1C2CN(c3ncnc4cnccc34)CC2C(=O)N1c1ccccc1. The summed E-state index contributed by atoms with van der Waals surface area (Å²) in [5.74, 6) is -0.190. The third-order valence-electron chi connectivity index (χ3n) is 5.13. The van der Waals surface area contributed by atoms with Crippen molar-refractivity contribution in [1.82, 2.24) is 15.0 Å². The maximum absolute atomic E-state index is 12.9. The third kappa shape index (κ3) is 2.10. The zero-order valence-electron chi connectivity index (χ0n) is 13.8. The van der Waals surface area contributed by atoms with Gasteiger partial charge in [0, 0.05) is 24.7 Å². The van der Waals surface area contributed by atoms with E-state index in [4.69, 9.17) is 0 Å². The van der Waals surface area contributed by atoms with Crippen LogP contribution in [-0.2, 0) is 9.59 Å². The lowest BCUT2D eigenvalue weighted by molar-refractivity contribution is -0.122. The number of imide groups is 1. The van der Waals surface area contributed by atoms with E-state index >= 15 is 0 Å². The van der Waals surface area contributed by atoms with E-state index in [1.807, 2.05) is 29.2 Å². The number of para-hydroxylation sites is 1. The summed E-state index contributed by atoms with van der Waals surface area (Å²) in [6.45, 7) is 0.958. The molecule has 2 unspecified atom stereocenters. The van der Waals surface area contributed by atoms with Crippen LogP contribution in [0.3, 0.4) is 0 Å². The highest BCUT2D eigenvalue weighted by atomic mass is 16.2. The van der Waals surface area contributed by atoms with Crippen molar-refractivity contribution in [3.05, 3.63) is 55.1 Å². The van der Waals surface area contributed by atoms with E-state index in [2.05, 4.69) is 15.0 Å². The lowest BCUT2D eigenvalue weighted by Gasteiger charge is -2.22. The Labute approximate surface area is 149 Å². The van der Waals surface area contributed by atoms with Gasteiger partial charge in [-0.1, -0.05) is 18.2 Å². The van der Waals surface area contributed by atoms with Gasteiger partial charge in [0.2, 0.25) is 11.8 Å². The first kappa shape index (κ1) is 14.9. The molecule has 2 atom stereocenters. The second kappa shape index (κ2) is 5.59. The molecule has 2 aromatic heterocycles. The van der Waals surface area contributed by atoms with Crippen molar-refractivity contribution < 1.29 is 9.59 Å². The number of benzene rings is 1. The molecule has 0 spiro atoms. The Balaban J connectivity index is 1.47. The summed E-state index contributed by atoms with van der Waals surface area (Å²) >= 11 is 0. The smallest absolute Gasteiger partial charge is 0.239 e. The van der Waals surface area contributed by atoms with E-state index in [-0.39, 0.29) is 23.7 Å². The predicted molar refractivity (Wildman–Crippen MR) is 95.5 cm³/mol. The van der Waals surface area contributed by atoms with Crippen molar-refractivity contribution in [1.29, 1.82) is 0 Å². The van der Waals surface area contributed by atoms with Crippen molar-refractivity contribution >= 4 is 34.2 Å². The van der Waals surface area contributed by atoms with Gasteiger partial charge in [-0.2, -0.15) is 0 Å². The molecule has 2 aliphatic rings. The number of fused-ring (bicyclic) bond motifs is 2. The highest BCUT2D eigenvalue weighted by Gasteiger charge is 2.53. The molecule has 0 bridgehead atoms. The van der Waals surface area contributed by atoms with Crippen LogP contribution in [0.1, 0.15) is 0 Å². The van der Waals surface area contributed by atoms with E-state index in [0.717, 1.165) is 16.7 Å². The van der Waals surface area contributed by atoms with Crippen molar-refractivity contribution in [3.8, 4) is 0 Å². The second-order valence-electron chi connectivity index (χ2n) is 6.56. The second-order valence-corrected chi connectivity index (χ2v) is 6.56. The monoisotopic (exact) mass is 345 g/mol. The molecule has 4 heterocycles. The van der Waals surface area contributed by atoms with Gasteiger partial charge in [0.1, 0.15) is 12.1 Å². The highest BCUT2D eigenvalue weighted by Crippen LogP contribution is 2.38. The molecule has 0 N–H and O–H groups in total. The van der Waals surface area contributed by atoms with E-state index in [1.165, 1.54) is 11.2 Å². The number of hydrogen-bond donors (Lipinski definition) is 0. The van der Waals surface area contributed by atoms with Crippen LogP contribution >= 0.6 is 0 Å². The summed E-state index contributed by atoms with van der Waals surface area (Å²) in [6, 6.07) is 11.0. The van der Waals surface area contributed by atoms with Crippen molar-refractivity contribution in [3.63, 3.8) is 0 Å². The van der Waals surface area contributed by atoms with Gasteiger partial charge in [-0.05, 0) is 18.2 Å². The fraction of sp³-hybridized carbons (Fsp3) is 0.211. The van der Waals surface area contributed by atoms with Crippen molar-refractivity contribution in [2.75, 3.05) is 22.9 Å². The van der Waals surface area contributed by atoms with Crippen LogP contribution in [0.15, 0.2) is 55.1 Å². The number of amides is 2. The third-order valence-corrected chi connectivity index (χ3v) is 5.13. The molecule has 2 saturated heterocycles. The number of carbonyl (C=O) groups excluding carboxylic acids is 2. The number of nitrogens with zero attached hydrogens (tertiary/aromatic N) is 5. The Morgan fingerprint density at radius 2 is 1.65 bits per heavy atom. The highest BCUT2D eigenvalue weighted by molar-refractivity contribution is 6.22. The molecular weight excluding hydrogens is 330 g/mol. The number of hydrogen-bond acceptors (Lipinski definition) is 6. The molecule has 2 fully saturated rings. The fourth-order valence-corrected chi connectivity index (χ4v) is 3.89. The number of aromatic nitrogens is 3. The summed E-state index contributed by atoms with van der Waals surface area (Å²) in [4.78, 5) is 41.8. The largest absolute Gasteiger partial charge is 0.354 e. The lowest BCUT2D eigenvalue weighted by Crippen LogP contribution is -2.36. The maximum atomic E-state index is 12.9. The molecule has 3 aromatic rings. The molecular formula is C19H15N5O2. The number of anilines is 2. The first-order valence-electron chi connectivity index (χ1n) is 8.46. The van der Waals surface area contributed by atoms with Crippen LogP contribution < -0.4 is 9.80 Å². The van der Waals surface area contributed by atoms with Crippen molar-refractivity contribution in [2.24, 2.45) is 11.8 Å². The van der Waals surface area contributed by atoms with E-state index in [1.54, 1.807) is 24.5 Å². The van der Waals surface area contributed by atoms with Gasteiger partial charge in [0.15, 0.2) is 0 Å². The zero-order valence-corrected chi connectivity index (χ0v) is 13.8. The minimum absolute atomic E-state index is 0.131. The van der Waals surface area contributed by atoms with Gasteiger partial charge in [-0.25, -0.2) is 14.9 Å². The summed E-state index contributed by atoms with van der Waals surface area (Å²) < 4.78 is 0. The Bertz CT molecular complexity index is 993. The molecule has 0 saturated carbocycles. The van der Waals surface area contributed by atoms with E-state index < -0.39 is 0 Å². The average Bonchev–Trinajstić information content (AvgIpc) is 3.22. The average molecular weight is 345 g/mol. The molecule has 5 rings (SSSR count). The fourth-order valence-electron chi connectivity index (χ4n) is 3.89. The number of rotatable bonds is 2. The van der Waals surface area contributed by atoms with Crippen molar-refractivity contribution in [2.45, 2.75) is 0 Å². The quantitative estimate of drug-likeness (QED) is 0.657. The molecule has 0 aliphatic carbocycles. The first-order valence-corrected chi connectivity index (χ1v) is 8.46. The lowest BCUT2D eigenvalue weighted by atomic mass is 10.00. The molecule has 2 aliphatic heterocycles. The number of carbonyl (C=O) groups is 2. The molecule has 7 nitrogen and oxygen atoms in total. The summed E-state index contributed by atoms with van der Waals surface area (Å²) in [5, 5.41) is 0.877. The summed E-state index contributed by atoms with van der Waals surface area (Å²) in [6.07, 6.45) is 4.87. The molecule has 2 amide bonds. The Morgan fingerprint density at radius 1 is 0.923 bits per heavy atom. The minimum atomic E-state index is -0.338. The number of pyridine rings is 1. The molecule has 1 aromatic carbocycles. The normalized spacial score (nSPS) is 22.3. The van der Waals surface area contributed by atoms with Gasteiger partial charge in [0.05, 0.1) is 29.2 Å². The predicted octanol–water partition coefficient (Wildman–Crippen LogP) is 1.65. The Kier molecular flexibility index (Phi) is 3.21. The van der Waals surface area contributed by atoms with Gasteiger partial charge in [-0.3, -0.25) is 14.6 Å². The van der Waals surface area contributed by atoms with E-state index in [9.17, 15) is 9.59 Å². The molecule has 7 heteroatoms. The maximum Gasteiger partial charge on any atom is 0.239 e. The topological polar surface area (TPSA) is 79.3 Å². The first-order chi connectivity index (χ1) is 12.7. The Hall–Kier alpha value is -3.35. The van der Waals surface area contributed by atoms with Crippen LogP contribution in [0.2, 0.25) is 0 Å². The summed E-state index contributed by atoms with van der Waals surface area (Å²) in [5.41, 5.74) is 1.39. The molecule has 128 valence electrons. The van der Waals surface area contributed by atoms with Crippen LogP contribution in [0, 0.1) is 11.8 Å². The van der Waals surface area contributed by atoms with Gasteiger partial charge >= 0.3 is 0 Å². The van der Waals surface area contributed by atoms with Gasteiger partial charge in [-0.15, -0.1) is 0 Å². The van der Waals surface area contributed by atoms with Crippen LogP contribution in [0.25, 0.3) is 10.9 Å². The standard InChI is InChI=1S/C19H15N5O2/c25-18-14-9-23(17-13-6-7-20-8-16(13)21-11-22-17)10-15(14)19(26)24(18)12-4-2-1-3-5-12/h1-8,11,14-15H,9-10H2. The summed E-state index contributed by atoms with van der Waals surface area (Å²) in [7, 11) is 0.